The predicted octanol–water partition coefficient (Wildman–Crippen LogP) is 1.61. The first-order valence-electron chi connectivity index (χ1n) is 5.77. The van der Waals surface area contributed by atoms with Gasteiger partial charge in [-0.15, -0.1) is 0 Å². The second-order valence-electron chi connectivity index (χ2n) is 4.53. The number of nitrogens with zero attached hydrogens (tertiary/aromatic N) is 1. The number of likely N-dealkylation sites (N-methyl/N-ethyl adjacent to an activating group) is 1. The van der Waals surface area contributed by atoms with E-state index in [9.17, 15) is 0 Å². The average Bonchev–Trinajstić information content (AvgIpc) is 2.67. The molecule has 0 radical (unpaired) electrons. The molecule has 2 N–H and O–H groups in total. The van der Waals surface area contributed by atoms with Crippen LogP contribution in [0.25, 0.3) is 0 Å². The van der Waals surface area contributed by atoms with Crippen molar-refractivity contribution in [2.45, 2.75) is 18.8 Å². The molecule has 0 bridgehead atoms. The summed E-state index contributed by atoms with van der Waals surface area (Å²) in [5.74, 6) is 0.738. The zero-order valence-electron chi connectivity index (χ0n) is 9.45. The first-order chi connectivity index (χ1) is 7.29. The van der Waals surface area contributed by atoms with E-state index in [0.29, 0.717) is 0 Å². The summed E-state index contributed by atoms with van der Waals surface area (Å²) in [5.41, 5.74) is 8.37. The Morgan fingerprint density at radius 1 is 1.33 bits per heavy atom. The zero-order valence-corrected chi connectivity index (χ0v) is 9.45. The maximum atomic E-state index is 5.53. The Morgan fingerprint density at radius 2 is 2.07 bits per heavy atom. The molecule has 2 rings (SSSR count). The third-order valence-electron chi connectivity index (χ3n) is 3.28. The van der Waals surface area contributed by atoms with E-state index in [1.807, 2.05) is 0 Å². The molecule has 1 aromatic carbocycles. The van der Waals surface area contributed by atoms with Gasteiger partial charge in [0.05, 0.1) is 0 Å². The van der Waals surface area contributed by atoms with Gasteiger partial charge in [-0.2, -0.15) is 0 Å². The molecule has 1 fully saturated rings. The summed E-state index contributed by atoms with van der Waals surface area (Å²) in [7, 11) is 2.20. The van der Waals surface area contributed by atoms with E-state index in [4.69, 9.17) is 5.73 Å². The highest BCUT2D eigenvalue weighted by Crippen LogP contribution is 2.26. The molecule has 0 spiro atoms. The quantitative estimate of drug-likeness (QED) is 0.810. The van der Waals surface area contributed by atoms with Crippen molar-refractivity contribution in [1.29, 1.82) is 0 Å². The standard InChI is InChI=1S/C13H20N2/c1-15-9-7-13(10-15)12-4-2-11(3-5-12)6-8-14/h2-5,13H,6-10,14H2,1H3. The summed E-state index contributed by atoms with van der Waals surface area (Å²) < 4.78 is 0. The highest BCUT2D eigenvalue weighted by atomic mass is 15.1. The molecule has 82 valence electrons. The van der Waals surface area contributed by atoms with Crippen LogP contribution in [0.1, 0.15) is 23.5 Å². The Labute approximate surface area is 92.1 Å². The van der Waals surface area contributed by atoms with Gasteiger partial charge in [0.15, 0.2) is 0 Å². The fourth-order valence-corrected chi connectivity index (χ4v) is 2.33. The van der Waals surface area contributed by atoms with Crippen LogP contribution in [0.15, 0.2) is 24.3 Å². The lowest BCUT2D eigenvalue weighted by molar-refractivity contribution is 0.411. The Balaban J connectivity index is 2.03. The van der Waals surface area contributed by atoms with Crippen LogP contribution in [0, 0.1) is 0 Å². The van der Waals surface area contributed by atoms with Gasteiger partial charge in [0.25, 0.3) is 0 Å². The first-order valence-corrected chi connectivity index (χ1v) is 5.77. The molecule has 1 saturated heterocycles. The third kappa shape index (κ3) is 2.58. The van der Waals surface area contributed by atoms with Crippen LogP contribution in [0.3, 0.4) is 0 Å². The van der Waals surface area contributed by atoms with Gasteiger partial charge in [0.1, 0.15) is 0 Å². The second kappa shape index (κ2) is 4.77. The minimum absolute atomic E-state index is 0.738. The minimum atomic E-state index is 0.738. The lowest BCUT2D eigenvalue weighted by Crippen LogP contribution is -2.13. The monoisotopic (exact) mass is 204 g/mol. The Morgan fingerprint density at radius 3 is 2.60 bits per heavy atom. The van der Waals surface area contributed by atoms with Crippen LogP contribution in [0.2, 0.25) is 0 Å². The maximum absolute atomic E-state index is 5.53. The molecule has 1 unspecified atom stereocenters. The van der Waals surface area contributed by atoms with Crippen molar-refractivity contribution in [3.8, 4) is 0 Å². The first kappa shape index (κ1) is 10.7. The molecule has 15 heavy (non-hydrogen) atoms. The normalized spacial score (nSPS) is 22.1. The van der Waals surface area contributed by atoms with Crippen molar-refractivity contribution in [3.05, 3.63) is 35.4 Å². The number of nitrogens with two attached hydrogens (primary N) is 1. The van der Waals surface area contributed by atoms with Crippen molar-refractivity contribution in [1.82, 2.24) is 4.90 Å². The van der Waals surface area contributed by atoms with E-state index in [1.54, 1.807) is 0 Å². The second-order valence-corrected chi connectivity index (χ2v) is 4.53. The SMILES string of the molecule is CN1CCC(c2ccc(CCN)cc2)C1. The van der Waals surface area contributed by atoms with E-state index in [2.05, 4.69) is 36.2 Å². The maximum Gasteiger partial charge on any atom is 0.00477 e. The van der Waals surface area contributed by atoms with Crippen LogP contribution in [0.4, 0.5) is 0 Å². The van der Waals surface area contributed by atoms with Gasteiger partial charge >= 0.3 is 0 Å². The van der Waals surface area contributed by atoms with Crippen LogP contribution < -0.4 is 5.73 Å². The Kier molecular flexibility index (Phi) is 3.39. The highest BCUT2D eigenvalue weighted by Gasteiger charge is 2.20. The summed E-state index contributed by atoms with van der Waals surface area (Å²) in [4.78, 5) is 2.40. The molecule has 1 atom stereocenters. The topological polar surface area (TPSA) is 29.3 Å². The molecule has 1 aliphatic heterocycles. The fraction of sp³-hybridized carbons (Fsp3) is 0.538. The summed E-state index contributed by atoms with van der Waals surface area (Å²) in [6, 6.07) is 8.99. The lowest BCUT2D eigenvalue weighted by atomic mass is 9.97. The number of rotatable bonds is 3. The largest absolute Gasteiger partial charge is 0.330 e. The zero-order chi connectivity index (χ0) is 10.7. The smallest absolute Gasteiger partial charge is 0.00477 e. The van der Waals surface area contributed by atoms with Crippen LogP contribution in [0.5, 0.6) is 0 Å². The van der Waals surface area contributed by atoms with Crippen LogP contribution >= 0.6 is 0 Å². The molecule has 0 aliphatic carbocycles. The van der Waals surface area contributed by atoms with Gasteiger partial charge in [-0.3, -0.25) is 0 Å². The summed E-state index contributed by atoms with van der Waals surface area (Å²) in [5, 5.41) is 0. The number of benzene rings is 1. The summed E-state index contributed by atoms with van der Waals surface area (Å²) in [6.07, 6.45) is 2.29. The Bertz CT molecular complexity index is 305. The number of hydrogen-bond acceptors (Lipinski definition) is 2. The summed E-state index contributed by atoms with van der Waals surface area (Å²) in [6.45, 7) is 3.18. The Hall–Kier alpha value is -0.860. The average molecular weight is 204 g/mol. The molecule has 1 aliphatic rings. The van der Waals surface area contributed by atoms with E-state index in [0.717, 1.165) is 18.9 Å². The highest BCUT2D eigenvalue weighted by molar-refractivity contribution is 5.26. The molecule has 1 heterocycles. The molecule has 1 aromatic rings. The molecule has 2 heteroatoms. The molecule has 0 amide bonds. The van der Waals surface area contributed by atoms with Crippen molar-refractivity contribution in [2.75, 3.05) is 26.7 Å². The van der Waals surface area contributed by atoms with Gasteiger partial charge in [-0.1, -0.05) is 24.3 Å². The van der Waals surface area contributed by atoms with Crippen molar-refractivity contribution in [3.63, 3.8) is 0 Å². The molecular formula is C13H20N2. The van der Waals surface area contributed by atoms with Gasteiger partial charge in [-0.25, -0.2) is 0 Å². The third-order valence-corrected chi connectivity index (χ3v) is 3.28. The lowest BCUT2D eigenvalue weighted by Gasteiger charge is -2.11. The summed E-state index contributed by atoms with van der Waals surface area (Å²) >= 11 is 0. The molecular weight excluding hydrogens is 184 g/mol. The van der Waals surface area contributed by atoms with Gasteiger partial charge in [0, 0.05) is 6.54 Å². The van der Waals surface area contributed by atoms with E-state index < -0.39 is 0 Å². The van der Waals surface area contributed by atoms with E-state index in [-0.39, 0.29) is 0 Å². The number of likely N-dealkylation sites (tertiary alicyclic amines) is 1. The van der Waals surface area contributed by atoms with Gasteiger partial charge in [-0.05, 0) is 50.0 Å². The van der Waals surface area contributed by atoms with Crippen LogP contribution in [-0.4, -0.2) is 31.6 Å². The van der Waals surface area contributed by atoms with Crippen molar-refractivity contribution >= 4 is 0 Å². The molecule has 0 aromatic heterocycles. The molecule has 0 saturated carbocycles. The van der Waals surface area contributed by atoms with E-state index in [1.165, 1.54) is 30.6 Å². The van der Waals surface area contributed by atoms with Gasteiger partial charge in [0.2, 0.25) is 0 Å². The predicted molar refractivity (Wildman–Crippen MR) is 64.1 cm³/mol. The fourth-order valence-electron chi connectivity index (χ4n) is 2.33. The van der Waals surface area contributed by atoms with Crippen molar-refractivity contribution in [2.24, 2.45) is 5.73 Å². The van der Waals surface area contributed by atoms with Gasteiger partial charge < -0.3 is 10.6 Å². The molecule has 2 nitrogen and oxygen atoms in total. The minimum Gasteiger partial charge on any atom is -0.330 e. The van der Waals surface area contributed by atoms with Crippen molar-refractivity contribution < 1.29 is 0 Å². The van der Waals surface area contributed by atoms with Crippen LogP contribution in [-0.2, 0) is 6.42 Å². The van der Waals surface area contributed by atoms with E-state index >= 15 is 0 Å². The number of hydrogen-bond donors (Lipinski definition) is 1.